The number of benzene rings is 3. The van der Waals surface area contributed by atoms with Gasteiger partial charge in [-0.15, -0.1) is 0 Å². The van der Waals surface area contributed by atoms with E-state index in [-0.39, 0.29) is 17.7 Å². The average molecular weight is 627 g/mol. The van der Waals surface area contributed by atoms with Gasteiger partial charge in [-0.05, 0) is 48.8 Å². The fourth-order valence-electron chi connectivity index (χ4n) is 6.00. The summed E-state index contributed by atoms with van der Waals surface area (Å²) in [4.78, 5) is 57.5. The van der Waals surface area contributed by atoms with Gasteiger partial charge in [0.15, 0.2) is 0 Å². The van der Waals surface area contributed by atoms with E-state index < -0.39 is 36.0 Å². The van der Waals surface area contributed by atoms with Gasteiger partial charge in [0.05, 0.1) is 7.11 Å². The van der Waals surface area contributed by atoms with Gasteiger partial charge in [0.25, 0.3) is 0 Å². The van der Waals surface area contributed by atoms with Crippen LogP contribution in [0, 0.1) is 5.92 Å². The lowest BCUT2D eigenvalue weighted by Gasteiger charge is -2.36. The number of rotatable bonds is 14. The van der Waals surface area contributed by atoms with Gasteiger partial charge in [0.2, 0.25) is 17.7 Å². The van der Waals surface area contributed by atoms with Gasteiger partial charge in [-0.3, -0.25) is 19.3 Å². The molecular weight excluding hydrogens is 580 g/mol. The summed E-state index contributed by atoms with van der Waals surface area (Å²) in [6.45, 7) is 6.95. The summed E-state index contributed by atoms with van der Waals surface area (Å²) in [5, 5.41) is 5.57. The fourth-order valence-corrected chi connectivity index (χ4v) is 6.00. The van der Waals surface area contributed by atoms with E-state index in [0.29, 0.717) is 38.9 Å². The largest absolute Gasteiger partial charge is 0.467 e. The molecule has 1 aliphatic rings. The van der Waals surface area contributed by atoms with Crippen LogP contribution in [0.5, 0.6) is 0 Å². The van der Waals surface area contributed by atoms with Crippen LogP contribution in [0.3, 0.4) is 0 Å². The van der Waals surface area contributed by atoms with Crippen molar-refractivity contribution in [3.05, 3.63) is 108 Å². The molecule has 1 aliphatic heterocycles. The van der Waals surface area contributed by atoms with E-state index in [2.05, 4.69) is 39.8 Å². The number of carbonyl (C=O) groups excluding carboxylic acids is 4. The number of nitrogens with zero attached hydrogens (tertiary/aromatic N) is 2. The van der Waals surface area contributed by atoms with Crippen LogP contribution < -0.4 is 10.6 Å². The molecule has 46 heavy (non-hydrogen) atoms. The van der Waals surface area contributed by atoms with Gasteiger partial charge in [0.1, 0.15) is 24.2 Å². The predicted octanol–water partition coefficient (Wildman–Crippen LogP) is 4.63. The molecule has 4 rings (SSSR count). The number of likely N-dealkylation sites (tertiary alicyclic amines) is 1. The van der Waals surface area contributed by atoms with Crippen LogP contribution in [-0.2, 0) is 37.0 Å². The van der Waals surface area contributed by atoms with E-state index in [1.54, 1.807) is 4.90 Å². The average Bonchev–Trinajstić information content (AvgIpc) is 3.56. The van der Waals surface area contributed by atoms with Crippen LogP contribution >= 0.6 is 0 Å². The van der Waals surface area contributed by atoms with Crippen LogP contribution in [0.25, 0.3) is 0 Å². The number of esters is 1. The lowest BCUT2D eigenvalue weighted by atomic mass is 10.00. The standard InChI is InChI=1S/C37H46N4O5/c1-26(2)23-31(34(42)38-27(3)37(45)46-4)39-35(43)32-21-14-22-41(32)36(44)33(30-19-12-7-13-20-30)40(24-28-15-8-5-9-16-28)25-29-17-10-6-11-18-29/h5-13,15-20,26-27,31-33H,14,21-25H2,1-4H3,(H,38,42)(H,39,43)/t27-,31-,32-,33+/m0/s1. The zero-order valence-corrected chi connectivity index (χ0v) is 27.2. The van der Waals surface area contributed by atoms with Crippen molar-refractivity contribution in [1.82, 2.24) is 20.4 Å². The molecule has 0 aliphatic carbocycles. The van der Waals surface area contributed by atoms with Crippen LogP contribution in [0.15, 0.2) is 91.0 Å². The maximum atomic E-state index is 14.7. The quantitative estimate of drug-likeness (QED) is 0.253. The van der Waals surface area contributed by atoms with Gasteiger partial charge in [-0.1, -0.05) is 105 Å². The number of nitrogens with one attached hydrogen (secondary N) is 2. The normalized spacial score (nSPS) is 16.5. The molecule has 3 aromatic rings. The molecule has 3 aromatic carbocycles. The number of amides is 3. The molecule has 4 atom stereocenters. The van der Waals surface area contributed by atoms with Crippen molar-refractivity contribution in [2.45, 2.75) is 77.3 Å². The van der Waals surface area contributed by atoms with Crippen molar-refractivity contribution >= 4 is 23.7 Å². The Labute approximate surface area is 272 Å². The first kappa shape index (κ1) is 34.4. The van der Waals surface area contributed by atoms with Crippen LogP contribution in [0.4, 0.5) is 0 Å². The van der Waals surface area contributed by atoms with Gasteiger partial charge >= 0.3 is 5.97 Å². The Hall–Kier alpha value is -4.50. The predicted molar refractivity (Wildman–Crippen MR) is 177 cm³/mol. The highest BCUT2D eigenvalue weighted by molar-refractivity contribution is 5.94. The second-order valence-corrected chi connectivity index (χ2v) is 12.3. The van der Waals surface area contributed by atoms with Gasteiger partial charge in [0, 0.05) is 19.6 Å². The molecule has 0 bridgehead atoms. The maximum Gasteiger partial charge on any atom is 0.328 e. The molecule has 0 radical (unpaired) electrons. The number of ether oxygens (including phenoxy) is 1. The fraction of sp³-hybridized carbons (Fsp3) is 0.405. The summed E-state index contributed by atoms with van der Waals surface area (Å²) in [5.41, 5.74) is 3.00. The Morgan fingerprint density at radius 3 is 1.89 bits per heavy atom. The Morgan fingerprint density at radius 2 is 1.37 bits per heavy atom. The molecule has 244 valence electrons. The third-order valence-electron chi connectivity index (χ3n) is 8.26. The second-order valence-electron chi connectivity index (χ2n) is 12.3. The molecular formula is C37H46N4O5. The Morgan fingerprint density at radius 1 is 0.826 bits per heavy atom. The van der Waals surface area contributed by atoms with Crippen LogP contribution in [0.2, 0.25) is 0 Å². The first-order valence-corrected chi connectivity index (χ1v) is 16.0. The molecule has 0 aromatic heterocycles. The van der Waals surface area contributed by atoms with E-state index in [1.807, 2.05) is 80.6 Å². The highest BCUT2D eigenvalue weighted by Gasteiger charge is 2.41. The minimum atomic E-state index is -0.866. The summed E-state index contributed by atoms with van der Waals surface area (Å²) in [5.74, 6) is -1.47. The van der Waals surface area contributed by atoms with Crippen molar-refractivity contribution < 1.29 is 23.9 Å². The van der Waals surface area contributed by atoms with E-state index in [9.17, 15) is 19.2 Å². The summed E-state index contributed by atoms with van der Waals surface area (Å²) < 4.78 is 4.74. The molecule has 1 saturated heterocycles. The van der Waals surface area contributed by atoms with Crippen molar-refractivity contribution in [3.8, 4) is 0 Å². The smallest absolute Gasteiger partial charge is 0.328 e. The van der Waals surface area contributed by atoms with Crippen molar-refractivity contribution in [1.29, 1.82) is 0 Å². The minimum Gasteiger partial charge on any atom is -0.467 e. The van der Waals surface area contributed by atoms with E-state index >= 15 is 0 Å². The minimum absolute atomic E-state index is 0.0952. The number of hydrogen-bond donors (Lipinski definition) is 2. The lowest BCUT2D eigenvalue weighted by molar-refractivity contribution is -0.146. The summed E-state index contributed by atoms with van der Waals surface area (Å²) in [6.07, 6.45) is 1.54. The van der Waals surface area contributed by atoms with Crippen molar-refractivity contribution in [3.63, 3.8) is 0 Å². The molecule has 0 spiro atoms. The maximum absolute atomic E-state index is 14.7. The number of hydrogen-bond acceptors (Lipinski definition) is 6. The van der Waals surface area contributed by atoms with Crippen LogP contribution in [0.1, 0.15) is 62.8 Å². The number of methoxy groups -OCH3 is 1. The third kappa shape index (κ3) is 9.26. The van der Waals surface area contributed by atoms with Crippen LogP contribution in [-0.4, -0.2) is 65.3 Å². The second kappa shape index (κ2) is 16.7. The van der Waals surface area contributed by atoms with Gasteiger partial charge in [-0.2, -0.15) is 0 Å². The highest BCUT2D eigenvalue weighted by Crippen LogP contribution is 2.31. The Balaban J connectivity index is 1.62. The lowest BCUT2D eigenvalue weighted by Crippen LogP contribution is -2.56. The zero-order chi connectivity index (χ0) is 33.1. The van der Waals surface area contributed by atoms with Gasteiger partial charge < -0.3 is 20.3 Å². The molecule has 0 unspecified atom stereocenters. The van der Waals surface area contributed by atoms with E-state index in [0.717, 1.165) is 16.7 Å². The SMILES string of the molecule is COC(=O)[C@H](C)NC(=O)[C@H](CC(C)C)NC(=O)[C@@H]1CCCN1C(=O)[C@@H](c1ccccc1)N(Cc1ccccc1)Cc1ccccc1. The summed E-state index contributed by atoms with van der Waals surface area (Å²) in [7, 11) is 1.26. The van der Waals surface area contributed by atoms with E-state index in [4.69, 9.17) is 4.74 Å². The van der Waals surface area contributed by atoms with Crippen molar-refractivity contribution in [2.75, 3.05) is 13.7 Å². The number of carbonyl (C=O) groups is 4. The summed E-state index contributed by atoms with van der Waals surface area (Å²) in [6, 6.07) is 26.7. The molecule has 9 heteroatoms. The molecule has 3 amide bonds. The monoisotopic (exact) mass is 626 g/mol. The van der Waals surface area contributed by atoms with Gasteiger partial charge in [-0.25, -0.2) is 4.79 Å². The zero-order valence-electron chi connectivity index (χ0n) is 27.2. The highest BCUT2D eigenvalue weighted by atomic mass is 16.5. The van der Waals surface area contributed by atoms with Crippen molar-refractivity contribution in [2.24, 2.45) is 5.92 Å². The topological polar surface area (TPSA) is 108 Å². The first-order chi connectivity index (χ1) is 22.2. The molecule has 2 N–H and O–H groups in total. The third-order valence-corrected chi connectivity index (χ3v) is 8.26. The molecule has 1 fully saturated rings. The first-order valence-electron chi connectivity index (χ1n) is 16.0. The Bertz CT molecular complexity index is 1390. The molecule has 1 heterocycles. The Kier molecular flexibility index (Phi) is 12.5. The van der Waals surface area contributed by atoms with E-state index in [1.165, 1.54) is 14.0 Å². The summed E-state index contributed by atoms with van der Waals surface area (Å²) >= 11 is 0. The molecule has 0 saturated carbocycles. The molecule has 9 nitrogen and oxygen atoms in total.